The van der Waals surface area contributed by atoms with Gasteiger partial charge >= 0.3 is 10.2 Å². The molecule has 4 nitrogen and oxygen atoms in total. The van der Waals surface area contributed by atoms with E-state index >= 15 is 0 Å². The highest BCUT2D eigenvalue weighted by Gasteiger charge is 2.33. The summed E-state index contributed by atoms with van der Waals surface area (Å²) in [5.41, 5.74) is 2.98. The van der Waals surface area contributed by atoms with Crippen LogP contribution in [0.3, 0.4) is 0 Å². The summed E-state index contributed by atoms with van der Waals surface area (Å²) in [4.78, 5) is 0. The van der Waals surface area contributed by atoms with Crippen molar-refractivity contribution in [2.24, 2.45) is 0 Å². The summed E-state index contributed by atoms with van der Waals surface area (Å²) in [5, 5.41) is 0. The largest absolute Gasteiger partial charge is 0.323 e. The van der Waals surface area contributed by atoms with E-state index in [1.54, 1.807) is 7.05 Å². The van der Waals surface area contributed by atoms with Crippen molar-refractivity contribution in [3.05, 3.63) is 71.8 Å². The number of hydrogen-bond acceptors (Lipinski definition) is 2. The third kappa shape index (κ3) is 2.06. The third-order valence-electron chi connectivity index (χ3n) is 3.25. The Labute approximate surface area is 118 Å². The minimum Gasteiger partial charge on any atom is -0.264 e. The fourth-order valence-electron chi connectivity index (χ4n) is 2.25. The van der Waals surface area contributed by atoms with Crippen LogP contribution < -0.4 is 4.72 Å². The second kappa shape index (κ2) is 4.68. The predicted octanol–water partition coefficient (Wildman–Crippen LogP) is 2.29. The smallest absolute Gasteiger partial charge is 0.264 e. The molecule has 0 spiro atoms. The molecule has 0 aliphatic carbocycles. The number of nitrogens with one attached hydrogen (secondary N) is 1. The van der Waals surface area contributed by atoms with Crippen LogP contribution in [-0.2, 0) is 10.2 Å². The van der Waals surface area contributed by atoms with Crippen molar-refractivity contribution in [1.29, 1.82) is 0 Å². The molecule has 1 heterocycles. The maximum absolute atomic E-state index is 12.1. The number of hydrogen-bond donors (Lipinski definition) is 1. The second-order valence-corrected chi connectivity index (χ2v) is 6.23. The average Bonchev–Trinajstić information content (AvgIpc) is 2.72. The van der Waals surface area contributed by atoms with Crippen LogP contribution in [0.15, 0.2) is 60.7 Å². The summed E-state index contributed by atoms with van der Waals surface area (Å²) < 4.78 is 28.1. The molecule has 1 aliphatic rings. The molecule has 5 heteroatoms. The van der Waals surface area contributed by atoms with E-state index in [1.165, 1.54) is 4.31 Å². The maximum Gasteiger partial charge on any atom is 0.323 e. The third-order valence-corrected chi connectivity index (χ3v) is 4.62. The Morgan fingerprint density at radius 1 is 0.850 bits per heavy atom. The molecule has 0 saturated heterocycles. The average molecular weight is 286 g/mol. The first-order valence-corrected chi connectivity index (χ1v) is 7.65. The van der Waals surface area contributed by atoms with Crippen molar-refractivity contribution in [2.45, 2.75) is 0 Å². The fraction of sp³-hybridized carbons (Fsp3) is 0.0667. The highest BCUT2D eigenvalue weighted by molar-refractivity contribution is 7.88. The highest BCUT2D eigenvalue weighted by Crippen LogP contribution is 2.33. The van der Waals surface area contributed by atoms with Gasteiger partial charge in [0.25, 0.3) is 0 Å². The zero-order chi connectivity index (χ0) is 14.2. The van der Waals surface area contributed by atoms with Gasteiger partial charge < -0.3 is 0 Å². The Bertz CT molecular complexity index is 753. The molecule has 0 fully saturated rings. The zero-order valence-electron chi connectivity index (χ0n) is 10.9. The lowest BCUT2D eigenvalue weighted by Gasteiger charge is -2.14. The van der Waals surface area contributed by atoms with Crippen molar-refractivity contribution >= 4 is 21.6 Å². The van der Waals surface area contributed by atoms with Crippen LogP contribution in [-0.4, -0.2) is 19.8 Å². The summed E-state index contributed by atoms with van der Waals surface area (Å²) in [6, 6.07) is 18.9. The maximum atomic E-state index is 12.1. The lowest BCUT2D eigenvalue weighted by atomic mass is 10.1. The minimum atomic E-state index is -3.51. The summed E-state index contributed by atoms with van der Waals surface area (Å²) >= 11 is 0. The first-order valence-electron chi connectivity index (χ1n) is 6.21. The van der Waals surface area contributed by atoms with Gasteiger partial charge in [-0.3, -0.25) is 9.03 Å². The van der Waals surface area contributed by atoms with Crippen LogP contribution in [0.5, 0.6) is 0 Å². The molecule has 1 N–H and O–H groups in total. The van der Waals surface area contributed by atoms with E-state index in [2.05, 4.69) is 4.72 Å². The van der Waals surface area contributed by atoms with Crippen LogP contribution in [0.1, 0.15) is 11.1 Å². The van der Waals surface area contributed by atoms with E-state index in [-0.39, 0.29) is 0 Å². The predicted molar refractivity (Wildman–Crippen MR) is 79.5 cm³/mol. The number of rotatable bonds is 2. The van der Waals surface area contributed by atoms with Gasteiger partial charge in [-0.1, -0.05) is 60.7 Å². The Kier molecular flexibility index (Phi) is 2.99. The van der Waals surface area contributed by atoms with Gasteiger partial charge in [0.05, 0.1) is 11.4 Å². The van der Waals surface area contributed by atoms with Crippen molar-refractivity contribution < 1.29 is 8.42 Å². The van der Waals surface area contributed by atoms with Gasteiger partial charge in [-0.05, 0) is 0 Å². The SMILES string of the molecule is CN1C(c2ccccc2)=C(c2ccccc2)NS1(=O)=O. The van der Waals surface area contributed by atoms with Gasteiger partial charge in [-0.25, -0.2) is 0 Å². The van der Waals surface area contributed by atoms with Gasteiger partial charge in [-0.15, -0.1) is 0 Å². The van der Waals surface area contributed by atoms with Crippen LogP contribution in [0, 0.1) is 0 Å². The monoisotopic (exact) mass is 286 g/mol. The van der Waals surface area contributed by atoms with E-state index in [1.807, 2.05) is 60.7 Å². The van der Waals surface area contributed by atoms with Gasteiger partial charge in [0.1, 0.15) is 0 Å². The number of nitrogens with zero attached hydrogens (tertiary/aromatic N) is 1. The molecule has 0 aromatic heterocycles. The molecule has 20 heavy (non-hydrogen) atoms. The van der Waals surface area contributed by atoms with Gasteiger partial charge in [-0.2, -0.15) is 8.42 Å². The summed E-state index contributed by atoms with van der Waals surface area (Å²) in [6.45, 7) is 0. The lowest BCUT2D eigenvalue weighted by molar-refractivity contribution is 0.548. The Morgan fingerprint density at radius 3 is 1.90 bits per heavy atom. The molecule has 0 radical (unpaired) electrons. The Morgan fingerprint density at radius 2 is 1.35 bits per heavy atom. The van der Waals surface area contributed by atoms with E-state index in [9.17, 15) is 8.42 Å². The lowest BCUT2D eigenvalue weighted by Crippen LogP contribution is -2.27. The molecule has 3 rings (SSSR count). The molecule has 0 saturated carbocycles. The second-order valence-electron chi connectivity index (χ2n) is 4.53. The molecule has 1 aliphatic heterocycles. The van der Waals surface area contributed by atoms with Crippen LogP contribution in [0.4, 0.5) is 0 Å². The van der Waals surface area contributed by atoms with E-state index in [0.29, 0.717) is 11.4 Å². The van der Waals surface area contributed by atoms with E-state index < -0.39 is 10.2 Å². The first kappa shape index (κ1) is 12.7. The summed E-state index contributed by atoms with van der Waals surface area (Å²) in [5.74, 6) is 0. The van der Waals surface area contributed by atoms with Crippen LogP contribution in [0.25, 0.3) is 11.4 Å². The van der Waals surface area contributed by atoms with Crippen LogP contribution >= 0.6 is 0 Å². The molecule has 0 bridgehead atoms. The molecule has 2 aromatic rings. The van der Waals surface area contributed by atoms with Gasteiger partial charge in [0.15, 0.2) is 0 Å². The molecular formula is C15H14N2O2S. The molecule has 0 amide bonds. The Hall–Kier alpha value is -2.27. The minimum absolute atomic E-state index is 0.610. The molecule has 2 aromatic carbocycles. The Balaban J connectivity index is 2.23. The number of benzene rings is 2. The van der Waals surface area contributed by atoms with Gasteiger partial charge in [0, 0.05) is 18.2 Å². The van der Waals surface area contributed by atoms with E-state index in [0.717, 1.165) is 11.1 Å². The normalized spacial score (nSPS) is 17.1. The van der Waals surface area contributed by atoms with Crippen molar-refractivity contribution in [2.75, 3.05) is 7.05 Å². The molecular weight excluding hydrogens is 272 g/mol. The van der Waals surface area contributed by atoms with Crippen molar-refractivity contribution in [1.82, 2.24) is 9.03 Å². The molecule has 0 atom stereocenters. The van der Waals surface area contributed by atoms with Crippen molar-refractivity contribution in [3.8, 4) is 0 Å². The molecule has 102 valence electrons. The van der Waals surface area contributed by atoms with Crippen molar-refractivity contribution in [3.63, 3.8) is 0 Å². The first-order chi connectivity index (χ1) is 9.59. The van der Waals surface area contributed by atoms with Crippen LogP contribution in [0.2, 0.25) is 0 Å². The standard InChI is InChI=1S/C15H14N2O2S/c1-17-15(13-10-6-3-7-11-13)14(16-20(17,18)19)12-8-4-2-5-9-12/h2-11,16H,1H3. The zero-order valence-corrected chi connectivity index (χ0v) is 11.8. The van der Waals surface area contributed by atoms with Gasteiger partial charge in [0.2, 0.25) is 0 Å². The van der Waals surface area contributed by atoms with E-state index in [4.69, 9.17) is 0 Å². The quantitative estimate of drug-likeness (QED) is 0.921. The summed E-state index contributed by atoms with van der Waals surface area (Å²) in [7, 11) is -1.95. The summed E-state index contributed by atoms with van der Waals surface area (Å²) in [6.07, 6.45) is 0. The molecule has 0 unspecified atom stereocenters. The highest BCUT2D eigenvalue weighted by atomic mass is 32.2. The topological polar surface area (TPSA) is 49.4 Å². The fourth-order valence-corrected chi connectivity index (χ4v) is 3.29.